The van der Waals surface area contributed by atoms with Gasteiger partial charge >= 0.3 is 13.2 Å². The van der Waals surface area contributed by atoms with E-state index < -0.39 is 24.4 Å². The molecule has 3 rings (SSSR count). The van der Waals surface area contributed by atoms with Crippen molar-refractivity contribution >= 4 is 19.3 Å². The Morgan fingerprint density at radius 1 is 1.12 bits per heavy atom. The van der Waals surface area contributed by atoms with Crippen LogP contribution in [0.3, 0.4) is 0 Å². The lowest BCUT2D eigenvalue weighted by molar-refractivity contribution is 0.00578. The Morgan fingerprint density at radius 3 is 2.38 bits per heavy atom. The molecule has 166 valence electrons. The number of ether oxygens (including phenoxy) is 1. The Kier molecular flexibility index (Phi) is 7.07. The number of carbonyl (C=O) groups excluding carboxylic acids is 1. The smallest absolute Gasteiger partial charge is 0.445 e. The second-order valence-corrected chi connectivity index (χ2v) is 8.91. The largest absolute Gasteiger partial charge is 0.492 e. The molecule has 1 aliphatic heterocycles. The van der Waals surface area contributed by atoms with Gasteiger partial charge in [0.2, 0.25) is 0 Å². The van der Waals surface area contributed by atoms with Crippen LogP contribution in [0, 0.1) is 18.3 Å². The molecule has 1 saturated heterocycles. The van der Waals surface area contributed by atoms with Gasteiger partial charge in [-0.3, -0.25) is 0 Å². The fourth-order valence-electron chi connectivity index (χ4n) is 3.25. The van der Waals surface area contributed by atoms with Crippen molar-refractivity contribution in [2.75, 3.05) is 6.54 Å². The third kappa shape index (κ3) is 5.58. The minimum atomic E-state index is -0.621. The van der Waals surface area contributed by atoms with Crippen LogP contribution in [0.1, 0.15) is 49.9 Å². The van der Waals surface area contributed by atoms with E-state index >= 15 is 0 Å². The van der Waals surface area contributed by atoms with Crippen molar-refractivity contribution in [3.63, 3.8) is 0 Å². The minimum Gasteiger partial charge on any atom is -0.445 e. The summed E-state index contributed by atoms with van der Waals surface area (Å²) in [6, 6.07) is 17.1. The zero-order chi connectivity index (χ0) is 23.4. The van der Waals surface area contributed by atoms with Gasteiger partial charge in [-0.05, 0) is 68.9 Å². The van der Waals surface area contributed by atoms with E-state index in [9.17, 15) is 4.79 Å². The molecule has 32 heavy (non-hydrogen) atoms. The lowest BCUT2D eigenvalue weighted by Gasteiger charge is -2.32. The van der Waals surface area contributed by atoms with Gasteiger partial charge in [0.25, 0.3) is 0 Å². The first-order valence-corrected chi connectivity index (χ1v) is 10.6. The number of carbonyl (C=O) groups is 1. The molecule has 0 atom stereocenters. The summed E-state index contributed by atoms with van der Waals surface area (Å²) < 4.78 is 17.8. The van der Waals surface area contributed by atoms with Crippen LogP contribution in [0.15, 0.2) is 54.0 Å². The number of benzene rings is 2. The van der Waals surface area contributed by atoms with Gasteiger partial charge in [-0.1, -0.05) is 42.5 Å². The summed E-state index contributed by atoms with van der Waals surface area (Å²) in [7, 11) is -0.621. The van der Waals surface area contributed by atoms with E-state index in [2.05, 4.69) is 11.4 Å². The number of nitriles is 1. The van der Waals surface area contributed by atoms with Crippen LogP contribution in [-0.2, 0) is 20.7 Å². The number of nitrogens with zero attached hydrogens (tertiary/aromatic N) is 1. The van der Waals surface area contributed by atoms with Crippen molar-refractivity contribution in [2.24, 2.45) is 0 Å². The number of alkyl carbamates (subject to hydrolysis) is 1. The van der Waals surface area contributed by atoms with E-state index in [0.717, 1.165) is 22.2 Å². The maximum atomic E-state index is 12.3. The Balaban J connectivity index is 1.77. The number of amides is 1. The minimum absolute atomic E-state index is 0.191. The SMILES string of the molecule is Cc1cc(C#N)ccc1C=C(CNC(=O)OCc1ccccc1)B1OC(C)(C)C(C)(C)O1. The zero-order valence-corrected chi connectivity index (χ0v) is 19.3. The molecule has 1 aliphatic rings. The molecule has 0 aromatic heterocycles. The Bertz CT molecular complexity index is 1030. The van der Waals surface area contributed by atoms with Gasteiger partial charge in [0.15, 0.2) is 0 Å². The summed E-state index contributed by atoms with van der Waals surface area (Å²) in [5.41, 5.74) is 3.12. The van der Waals surface area contributed by atoms with Crippen LogP contribution in [0.5, 0.6) is 0 Å². The molecule has 1 fully saturated rings. The number of rotatable bonds is 6. The predicted octanol–water partition coefficient (Wildman–Crippen LogP) is 4.81. The van der Waals surface area contributed by atoms with E-state index in [0.29, 0.717) is 5.56 Å². The van der Waals surface area contributed by atoms with Crippen LogP contribution in [0.4, 0.5) is 4.79 Å². The van der Waals surface area contributed by atoms with Gasteiger partial charge in [-0.25, -0.2) is 4.79 Å². The molecule has 1 amide bonds. The second-order valence-electron chi connectivity index (χ2n) is 8.91. The third-order valence-corrected chi connectivity index (χ3v) is 5.95. The van der Waals surface area contributed by atoms with Crippen molar-refractivity contribution in [3.8, 4) is 6.07 Å². The average Bonchev–Trinajstić information content (AvgIpc) is 2.98. The molecule has 2 aromatic rings. The van der Waals surface area contributed by atoms with Gasteiger partial charge in [0.05, 0.1) is 22.8 Å². The van der Waals surface area contributed by atoms with Crippen molar-refractivity contribution in [2.45, 2.75) is 52.4 Å². The molecular formula is C25H29BN2O4. The molecule has 1 N–H and O–H groups in total. The normalized spacial score (nSPS) is 17.0. The number of aryl methyl sites for hydroxylation is 1. The number of nitrogens with one attached hydrogen (secondary N) is 1. The first-order chi connectivity index (χ1) is 15.1. The zero-order valence-electron chi connectivity index (χ0n) is 19.3. The lowest BCUT2D eigenvalue weighted by atomic mass is 9.76. The van der Waals surface area contributed by atoms with Crippen LogP contribution in [0.25, 0.3) is 6.08 Å². The molecule has 0 aliphatic carbocycles. The van der Waals surface area contributed by atoms with Gasteiger partial charge in [-0.15, -0.1) is 0 Å². The van der Waals surface area contributed by atoms with Crippen LogP contribution in [-0.4, -0.2) is 31.0 Å². The van der Waals surface area contributed by atoms with Crippen molar-refractivity contribution in [1.29, 1.82) is 5.26 Å². The van der Waals surface area contributed by atoms with Gasteiger partial charge < -0.3 is 19.4 Å². The van der Waals surface area contributed by atoms with E-state index in [1.54, 1.807) is 6.07 Å². The summed E-state index contributed by atoms with van der Waals surface area (Å²) >= 11 is 0. The van der Waals surface area contributed by atoms with Crippen LogP contribution in [0.2, 0.25) is 0 Å². The van der Waals surface area contributed by atoms with E-state index in [4.69, 9.17) is 19.3 Å². The maximum Gasteiger partial charge on any atom is 0.492 e. The summed E-state index contributed by atoms with van der Waals surface area (Å²) in [4.78, 5) is 12.3. The number of hydrogen-bond donors (Lipinski definition) is 1. The number of hydrogen-bond acceptors (Lipinski definition) is 5. The van der Waals surface area contributed by atoms with Crippen molar-refractivity contribution in [1.82, 2.24) is 5.32 Å². The van der Waals surface area contributed by atoms with E-state index in [-0.39, 0.29) is 13.2 Å². The lowest BCUT2D eigenvalue weighted by Crippen LogP contribution is -2.41. The predicted molar refractivity (Wildman–Crippen MR) is 125 cm³/mol. The molecular weight excluding hydrogens is 403 g/mol. The fourth-order valence-corrected chi connectivity index (χ4v) is 3.25. The first kappa shape index (κ1) is 23.6. The van der Waals surface area contributed by atoms with E-state index in [1.807, 2.05) is 83.2 Å². The van der Waals surface area contributed by atoms with Crippen molar-refractivity contribution < 1.29 is 18.8 Å². The monoisotopic (exact) mass is 432 g/mol. The van der Waals surface area contributed by atoms with E-state index in [1.165, 1.54) is 0 Å². The quantitative estimate of drug-likeness (QED) is 0.663. The molecule has 0 unspecified atom stereocenters. The summed E-state index contributed by atoms with van der Waals surface area (Å²) in [5.74, 6) is 0. The molecule has 7 heteroatoms. The Morgan fingerprint density at radius 2 is 1.78 bits per heavy atom. The summed E-state index contributed by atoms with van der Waals surface area (Å²) in [6.45, 7) is 10.3. The molecule has 6 nitrogen and oxygen atoms in total. The van der Waals surface area contributed by atoms with Crippen LogP contribution < -0.4 is 5.32 Å². The Hall–Kier alpha value is -3.08. The van der Waals surface area contributed by atoms with Gasteiger partial charge in [0.1, 0.15) is 6.61 Å². The van der Waals surface area contributed by atoms with Crippen LogP contribution >= 0.6 is 0 Å². The van der Waals surface area contributed by atoms with Crippen molar-refractivity contribution in [3.05, 3.63) is 76.3 Å². The molecule has 0 radical (unpaired) electrons. The Labute approximate surface area is 190 Å². The third-order valence-electron chi connectivity index (χ3n) is 5.95. The summed E-state index contributed by atoms with van der Waals surface area (Å²) in [6.07, 6.45) is 1.42. The second kappa shape index (κ2) is 9.60. The highest BCUT2D eigenvalue weighted by atomic mass is 16.7. The highest BCUT2D eigenvalue weighted by Gasteiger charge is 2.52. The summed E-state index contributed by atoms with van der Waals surface area (Å²) in [5, 5.41) is 11.9. The molecule has 2 aromatic carbocycles. The topological polar surface area (TPSA) is 80.6 Å². The molecule has 0 saturated carbocycles. The highest BCUT2D eigenvalue weighted by molar-refractivity contribution is 6.56. The highest BCUT2D eigenvalue weighted by Crippen LogP contribution is 2.38. The molecule has 0 spiro atoms. The maximum absolute atomic E-state index is 12.3. The van der Waals surface area contributed by atoms with Gasteiger partial charge in [0, 0.05) is 6.54 Å². The fraction of sp³-hybridized carbons (Fsp3) is 0.360. The average molecular weight is 432 g/mol. The molecule has 1 heterocycles. The first-order valence-electron chi connectivity index (χ1n) is 10.6. The van der Waals surface area contributed by atoms with Gasteiger partial charge in [-0.2, -0.15) is 5.26 Å². The standard InChI is InChI=1S/C25H29BN2O4/c1-18-13-20(15-27)11-12-21(18)14-22(26-31-24(2,3)25(4,5)32-26)16-28-23(29)30-17-19-9-7-6-8-10-19/h6-14H,16-17H2,1-5H3,(H,28,29). The molecule has 0 bridgehead atoms.